The predicted molar refractivity (Wildman–Crippen MR) is 74.3 cm³/mol. The maximum Gasteiger partial charge on any atom is 0.255 e. The van der Waals surface area contributed by atoms with Crippen molar-refractivity contribution in [1.29, 1.82) is 0 Å². The summed E-state index contributed by atoms with van der Waals surface area (Å²) < 4.78 is 0. The van der Waals surface area contributed by atoms with E-state index in [0.717, 1.165) is 17.8 Å². The van der Waals surface area contributed by atoms with Gasteiger partial charge >= 0.3 is 0 Å². The van der Waals surface area contributed by atoms with E-state index in [-0.39, 0.29) is 29.0 Å². The third-order valence-electron chi connectivity index (χ3n) is 2.77. The average molecular weight is 316 g/mol. The van der Waals surface area contributed by atoms with Crippen LogP contribution in [0.15, 0.2) is 18.2 Å². The van der Waals surface area contributed by atoms with Crippen molar-refractivity contribution in [3.63, 3.8) is 0 Å². The van der Waals surface area contributed by atoms with E-state index in [2.05, 4.69) is 21.2 Å². The van der Waals surface area contributed by atoms with E-state index in [4.69, 9.17) is 0 Å². The van der Waals surface area contributed by atoms with Crippen molar-refractivity contribution in [3.05, 3.63) is 23.8 Å². The molecule has 0 fully saturated rings. The van der Waals surface area contributed by atoms with Gasteiger partial charge < -0.3 is 15.5 Å². The van der Waals surface area contributed by atoms with E-state index < -0.39 is 0 Å². The number of alkyl halides is 1. The first-order valence-corrected chi connectivity index (χ1v) is 6.96. The number of phenolic OH excluding ortho intramolecular Hbond substituents is 2. The summed E-state index contributed by atoms with van der Waals surface area (Å²) in [7, 11) is 0. The van der Waals surface area contributed by atoms with Gasteiger partial charge in [0.1, 0.15) is 11.5 Å². The van der Waals surface area contributed by atoms with E-state index in [1.807, 2.05) is 13.8 Å². The maximum atomic E-state index is 12.0. The molecule has 0 bridgehead atoms. The van der Waals surface area contributed by atoms with E-state index in [1.54, 1.807) is 0 Å². The number of carbonyl (C=O) groups excluding carboxylic acids is 1. The second kappa shape index (κ2) is 6.64. The molecule has 18 heavy (non-hydrogen) atoms. The van der Waals surface area contributed by atoms with E-state index >= 15 is 0 Å². The Morgan fingerprint density at radius 3 is 2.56 bits per heavy atom. The normalized spacial score (nSPS) is 12.4. The fourth-order valence-corrected chi connectivity index (χ4v) is 2.14. The van der Waals surface area contributed by atoms with Crippen LogP contribution in [0, 0.1) is 5.92 Å². The third kappa shape index (κ3) is 3.91. The molecule has 1 amide bonds. The second-order valence-corrected chi connectivity index (χ2v) is 5.30. The number of hydrogen-bond acceptors (Lipinski definition) is 3. The summed E-state index contributed by atoms with van der Waals surface area (Å²) in [4.78, 5) is 12.0. The van der Waals surface area contributed by atoms with Gasteiger partial charge in [-0.05, 0) is 24.5 Å². The Morgan fingerprint density at radius 2 is 2.06 bits per heavy atom. The Kier molecular flexibility index (Phi) is 5.47. The van der Waals surface area contributed by atoms with Crippen LogP contribution in [0.3, 0.4) is 0 Å². The fraction of sp³-hybridized carbons (Fsp3) is 0.462. The van der Waals surface area contributed by atoms with Crippen molar-refractivity contribution >= 4 is 21.8 Å². The van der Waals surface area contributed by atoms with Crippen LogP contribution in [-0.4, -0.2) is 27.5 Å². The first-order chi connectivity index (χ1) is 8.45. The third-order valence-corrected chi connectivity index (χ3v) is 3.23. The summed E-state index contributed by atoms with van der Waals surface area (Å²) in [6, 6.07) is 3.99. The lowest BCUT2D eigenvalue weighted by Crippen LogP contribution is -2.38. The van der Waals surface area contributed by atoms with Crippen molar-refractivity contribution in [2.45, 2.75) is 26.3 Å². The predicted octanol–water partition coefficient (Wildman–Crippen LogP) is 2.64. The Morgan fingerprint density at radius 1 is 1.39 bits per heavy atom. The van der Waals surface area contributed by atoms with Gasteiger partial charge in [0.05, 0.1) is 5.56 Å². The van der Waals surface area contributed by atoms with Crippen molar-refractivity contribution in [2.75, 3.05) is 5.33 Å². The Bertz CT molecular complexity index is 421. The van der Waals surface area contributed by atoms with Crippen molar-refractivity contribution < 1.29 is 15.0 Å². The molecule has 0 aromatic heterocycles. The molecule has 4 nitrogen and oxygen atoms in total. The van der Waals surface area contributed by atoms with E-state index in [0.29, 0.717) is 5.92 Å². The maximum absolute atomic E-state index is 12.0. The highest BCUT2D eigenvalue weighted by Crippen LogP contribution is 2.22. The number of amides is 1. The van der Waals surface area contributed by atoms with Crippen LogP contribution >= 0.6 is 15.9 Å². The lowest BCUT2D eigenvalue weighted by atomic mass is 10.0. The van der Waals surface area contributed by atoms with Gasteiger partial charge in [-0.3, -0.25) is 4.79 Å². The number of hydrogen-bond donors (Lipinski definition) is 3. The van der Waals surface area contributed by atoms with Gasteiger partial charge in [-0.25, -0.2) is 0 Å². The minimum absolute atomic E-state index is 0.0464. The number of phenols is 2. The largest absolute Gasteiger partial charge is 0.508 e. The van der Waals surface area contributed by atoms with Gasteiger partial charge in [-0.15, -0.1) is 0 Å². The zero-order valence-electron chi connectivity index (χ0n) is 10.5. The summed E-state index contributed by atoms with van der Waals surface area (Å²) in [6.45, 7) is 4.06. The van der Waals surface area contributed by atoms with Crippen molar-refractivity contribution in [1.82, 2.24) is 5.32 Å². The first kappa shape index (κ1) is 14.8. The molecule has 1 aromatic carbocycles. The summed E-state index contributed by atoms with van der Waals surface area (Å²) in [6.07, 6.45) is 0.822. The summed E-state index contributed by atoms with van der Waals surface area (Å²) in [5.74, 6) is -0.295. The molecule has 0 radical (unpaired) electrons. The molecule has 0 saturated carbocycles. The molecule has 100 valence electrons. The number of aromatic hydroxyl groups is 2. The lowest BCUT2D eigenvalue weighted by molar-refractivity contribution is 0.0922. The highest BCUT2D eigenvalue weighted by molar-refractivity contribution is 9.09. The van der Waals surface area contributed by atoms with E-state index in [1.165, 1.54) is 12.1 Å². The molecule has 0 saturated heterocycles. The van der Waals surface area contributed by atoms with Gasteiger partial charge in [-0.2, -0.15) is 0 Å². The molecule has 0 heterocycles. The van der Waals surface area contributed by atoms with Crippen LogP contribution in [0.2, 0.25) is 0 Å². The van der Waals surface area contributed by atoms with Gasteiger partial charge in [0.15, 0.2) is 0 Å². The zero-order valence-corrected chi connectivity index (χ0v) is 12.1. The van der Waals surface area contributed by atoms with Crippen LogP contribution in [-0.2, 0) is 0 Å². The molecule has 1 aromatic rings. The number of benzene rings is 1. The number of carbonyl (C=O) groups is 1. The molecule has 1 unspecified atom stereocenters. The minimum atomic E-state index is -0.327. The Hall–Kier alpha value is -1.23. The molecular formula is C13H18BrNO3. The van der Waals surface area contributed by atoms with Crippen LogP contribution in [0.25, 0.3) is 0 Å². The molecule has 5 heteroatoms. The summed E-state index contributed by atoms with van der Waals surface area (Å²) in [5, 5.41) is 22.5. The van der Waals surface area contributed by atoms with Crippen molar-refractivity contribution in [3.8, 4) is 11.5 Å². The lowest BCUT2D eigenvalue weighted by Gasteiger charge is -2.21. The molecular weight excluding hydrogens is 298 g/mol. The van der Waals surface area contributed by atoms with Gasteiger partial charge in [-0.1, -0.05) is 29.8 Å². The first-order valence-electron chi connectivity index (χ1n) is 5.84. The molecule has 3 N–H and O–H groups in total. The quantitative estimate of drug-likeness (QED) is 0.732. The van der Waals surface area contributed by atoms with Crippen LogP contribution < -0.4 is 5.32 Å². The van der Waals surface area contributed by atoms with Crippen LogP contribution in [0.1, 0.15) is 30.6 Å². The van der Waals surface area contributed by atoms with Gasteiger partial charge in [0, 0.05) is 17.4 Å². The fourth-order valence-electron chi connectivity index (χ4n) is 1.65. The average Bonchev–Trinajstić information content (AvgIpc) is 2.27. The smallest absolute Gasteiger partial charge is 0.255 e. The second-order valence-electron chi connectivity index (χ2n) is 4.50. The standard InChI is InChI=1S/C13H18BrNO3/c1-8(2)11(5-6-14)15-13(18)10-4-3-9(16)7-12(10)17/h3-4,7-8,11,16-17H,5-6H2,1-2H3,(H,15,18). The zero-order chi connectivity index (χ0) is 13.7. The highest BCUT2D eigenvalue weighted by atomic mass is 79.9. The van der Waals surface area contributed by atoms with Crippen LogP contribution in [0.4, 0.5) is 0 Å². The monoisotopic (exact) mass is 315 g/mol. The van der Waals surface area contributed by atoms with Crippen molar-refractivity contribution in [2.24, 2.45) is 5.92 Å². The summed E-state index contributed by atoms with van der Waals surface area (Å²) in [5.41, 5.74) is 0.174. The van der Waals surface area contributed by atoms with Crippen LogP contribution in [0.5, 0.6) is 11.5 Å². The molecule has 0 spiro atoms. The minimum Gasteiger partial charge on any atom is -0.508 e. The van der Waals surface area contributed by atoms with E-state index in [9.17, 15) is 15.0 Å². The van der Waals surface area contributed by atoms with Gasteiger partial charge in [0.25, 0.3) is 5.91 Å². The highest BCUT2D eigenvalue weighted by Gasteiger charge is 2.18. The number of rotatable bonds is 5. The number of halogens is 1. The topological polar surface area (TPSA) is 69.6 Å². The number of nitrogens with one attached hydrogen (secondary N) is 1. The summed E-state index contributed by atoms with van der Waals surface area (Å²) >= 11 is 3.35. The Labute approximate surface area is 115 Å². The molecule has 0 aliphatic carbocycles. The SMILES string of the molecule is CC(C)C(CCBr)NC(=O)c1ccc(O)cc1O. The molecule has 0 aliphatic rings. The molecule has 1 atom stereocenters. The Balaban J connectivity index is 2.80. The molecule has 1 rings (SSSR count). The molecule has 0 aliphatic heterocycles. The van der Waals surface area contributed by atoms with Gasteiger partial charge in [0.2, 0.25) is 0 Å².